The molecule has 10 heteroatoms. The maximum Gasteiger partial charge on any atom is 0.283 e. The molecule has 0 radical (unpaired) electrons. The van der Waals surface area contributed by atoms with Gasteiger partial charge in [-0.2, -0.15) is 8.42 Å². The highest BCUT2D eigenvalue weighted by atomic mass is 35.5. The van der Waals surface area contributed by atoms with Gasteiger partial charge < -0.3 is 10.2 Å². The zero-order valence-electron chi connectivity index (χ0n) is 14.3. The van der Waals surface area contributed by atoms with Crippen molar-refractivity contribution in [2.45, 2.75) is 4.75 Å². The van der Waals surface area contributed by atoms with Crippen LogP contribution in [0.2, 0.25) is 20.1 Å². The predicted molar refractivity (Wildman–Crippen MR) is 114 cm³/mol. The van der Waals surface area contributed by atoms with E-state index in [0.717, 1.165) is 12.1 Å². The van der Waals surface area contributed by atoms with Crippen LogP contribution in [-0.2, 0) is 14.9 Å². The van der Waals surface area contributed by atoms with Gasteiger partial charge in [0.05, 0.1) is 20.6 Å². The van der Waals surface area contributed by atoms with Crippen LogP contribution in [0.25, 0.3) is 0 Å². The number of phenols is 2. The first kappa shape index (κ1) is 22.0. The molecule has 5 nitrogen and oxygen atoms in total. The summed E-state index contributed by atoms with van der Waals surface area (Å²) >= 11 is 24.4. The first-order chi connectivity index (χ1) is 13.5. The van der Waals surface area contributed by atoms with E-state index >= 15 is 0 Å². The van der Waals surface area contributed by atoms with Gasteiger partial charge in [-0.3, -0.25) is 4.55 Å². The molecule has 0 aromatic heterocycles. The molecule has 0 heterocycles. The van der Waals surface area contributed by atoms with Crippen molar-refractivity contribution >= 4 is 56.5 Å². The van der Waals surface area contributed by atoms with E-state index in [1.54, 1.807) is 0 Å². The Labute approximate surface area is 186 Å². The molecule has 1 atom stereocenters. The van der Waals surface area contributed by atoms with Crippen molar-refractivity contribution in [3.8, 4) is 11.5 Å². The maximum atomic E-state index is 13.0. The summed E-state index contributed by atoms with van der Waals surface area (Å²) in [6.07, 6.45) is 0. The molecule has 3 N–H and O–H groups in total. The Bertz CT molecular complexity index is 1180. The lowest BCUT2D eigenvalue weighted by Crippen LogP contribution is -2.38. The zero-order chi connectivity index (χ0) is 21.6. The normalized spacial score (nSPS) is 13.8. The van der Waals surface area contributed by atoms with Gasteiger partial charge in [0, 0.05) is 10.6 Å². The van der Waals surface area contributed by atoms with Crippen molar-refractivity contribution in [3.05, 3.63) is 91.4 Å². The Balaban J connectivity index is 2.63. The summed E-state index contributed by atoms with van der Waals surface area (Å²) in [5, 5.41) is 20.9. The molecule has 0 bridgehead atoms. The number of benzene rings is 3. The first-order valence-electron chi connectivity index (χ1n) is 7.90. The minimum Gasteiger partial charge on any atom is -0.507 e. The highest BCUT2D eigenvalue weighted by Gasteiger charge is 2.53. The highest BCUT2D eigenvalue weighted by Crippen LogP contribution is 2.53. The third-order valence-electron chi connectivity index (χ3n) is 4.42. The van der Waals surface area contributed by atoms with Crippen LogP contribution >= 0.6 is 46.4 Å². The Morgan fingerprint density at radius 3 is 1.83 bits per heavy atom. The van der Waals surface area contributed by atoms with Gasteiger partial charge in [0.25, 0.3) is 10.1 Å². The summed E-state index contributed by atoms with van der Waals surface area (Å²) < 4.78 is 33.8. The van der Waals surface area contributed by atoms with Gasteiger partial charge in [0.15, 0.2) is 4.75 Å². The fraction of sp³-hybridized carbons (Fsp3) is 0.0526. The van der Waals surface area contributed by atoms with E-state index in [1.807, 2.05) is 0 Å². The summed E-state index contributed by atoms with van der Waals surface area (Å²) in [4.78, 5) is 0. The molecule has 0 amide bonds. The van der Waals surface area contributed by atoms with E-state index in [4.69, 9.17) is 46.4 Å². The van der Waals surface area contributed by atoms with Crippen LogP contribution in [0.15, 0.2) is 54.6 Å². The largest absolute Gasteiger partial charge is 0.507 e. The van der Waals surface area contributed by atoms with Crippen LogP contribution in [0.3, 0.4) is 0 Å². The van der Waals surface area contributed by atoms with Crippen LogP contribution in [-0.4, -0.2) is 23.2 Å². The molecule has 3 rings (SSSR count). The second-order valence-corrected chi connectivity index (χ2v) is 9.22. The highest BCUT2D eigenvalue weighted by molar-refractivity contribution is 7.87. The van der Waals surface area contributed by atoms with E-state index in [9.17, 15) is 23.2 Å². The zero-order valence-corrected chi connectivity index (χ0v) is 18.1. The fourth-order valence-corrected chi connectivity index (χ4v) is 5.43. The topological polar surface area (TPSA) is 94.8 Å². The quantitative estimate of drug-likeness (QED) is 0.239. The number of phenolic OH excluding ortho intramolecular Hbond substituents is 2. The average Bonchev–Trinajstić information content (AvgIpc) is 2.64. The minimum absolute atomic E-state index is 0.0438. The molecule has 29 heavy (non-hydrogen) atoms. The smallest absolute Gasteiger partial charge is 0.283 e. The van der Waals surface area contributed by atoms with Crippen molar-refractivity contribution in [2.75, 3.05) is 0 Å². The molecular formula is C19H12Cl4O5S. The van der Waals surface area contributed by atoms with Gasteiger partial charge in [-0.25, -0.2) is 0 Å². The fourth-order valence-electron chi connectivity index (χ4n) is 3.22. The van der Waals surface area contributed by atoms with E-state index in [2.05, 4.69) is 0 Å². The van der Waals surface area contributed by atoms with Gasteiger partial charge in [-0.1, -0.05) is 70.7 Å². The summed E-state index contributed by atoms with van der Waals surface area (Å²) in [6.45, 7) is 0. The monoisotopic (exact) mass is 492 g/mol. The molecular weight excluding hydrogens is 482 g/mol. The molecule has 0 aliphatic carbocycles. The third-order valence-corrected chi connectivity index (χ3v) is 7.40. The van der Waals surface area contributed by atoms with Gasteiger partial charge in [0.2, 0.25) is 0 Å². The lowest BCUT2D eigenvalue weighted by atomic mass is 9.83. The number of hydrogen-bond donors (Lipinski definition) is 3. The molecule has 152 valence electrons. The van der Waals surface area contributed by atoms with Crippen molar-refractivity contribution in [2.24, 2.45) is 0 Å². The Hall–Kier alpha value is -1.67. The van der Waals surface area contributed by atoms with Crippen molar-refractivity contribution in [1.29, 1.82) is 0 Å². The molecule has 0 aliphatic rings. The van der Waals surface area contributed by atoms with Crippen LogP contribution in [0.5, 0.6) is 11.5 Å². The van der Waals surface area contributed by atoms with Gasteiger partial charge in [0.1, 0.15) is 11.5 Å². The van der Waals surface area contributed by atoms with Crippen LogP contribution in [0, 0.1) is 0 Å². The Morgan fingerprint density at radius 1 is 0.759 bits per heavy atom. The van der Waals surface area contributed by atoms with Gasteiger partial charge >= 0.3 is 0 Å². The van der Waals surface area contributed by atoms with Crippen LogP contribution in [0.1, 0.15) is 16.7 Å². The molecule has 0 saturated heterocycles. The Morgan fingerprint density at radius 2 is 1.31 bits per heavy atom. The molecule has 3 aromatic rings. The van der Waals surface area contributed by atoms with E-state index in [-0.39, 0.29) is 26.2 Å². The number of rotatable bonds is 4. The molecule has 0 aliphatic heterocycles. The maximum absolute atomic E-state index is 13.0. The summed E-state index contributed by atoms with van der Waals surface area (Å²) in [6, 6.07) is 11.6. The number of hydrogen-bond acceptors (Lipinski definition) is 4. The average molecular weight is 494 g/mol. The minimum atomic E-state index is -5.14. The second-order valence-electron chi connectivity index (χ2n) is 6.06. The molecule has 0 saturated carbocycles. The van der Waals surface area contributed by atoms with E-state index < -0.39 is 31.9 Å². The van der Waals surface area contributed by atoms with Crippen molar-refractivity contribution < 1.29 is 23.2 Å². The summed E-state index contributed by atoms with van der Waals surface area (Å²) in [5.74, 6) is -1.19. The SMILES string of the molecule is O=S(=O)(O)C(c1ccc(Cl)cc1)(c1ccc(Cl)c(Cl)c1Cl)c1c(O)cccc1O. The number of halogens is 4. The molecule has 3 aromatic carbocycles. The lowest BCUT2D eigenvalue weighted by molar-refractivity contribution is 0.416. The lowest BCUT2D eigenvalue weighted by Gasteiger charge is -2.34. The standard InChI is InChI=1S/C19H12Cl4O5S/c20-11-6-4-10(5-7-11)19(29(26,27)28,16-14(24)2-1-3-15(16)25)12-8-9-13(21)18(23)17(12)22/h1-9,24-25H,(H,26,27,28). The van der Waals surface area contributed by atoms with Crippen LogP contribution in [0.4, 0.5) is 0 Å². The molecule has 0 spiro atoms. The summed E-state index contributed by atoms with van der Waals surface area (Å²) in [7, 11) is -5.14. The van der Waals surface area contributed by atoms with E-state index in [0.29, 0.717) is 5.02 Å². The summed E-state index contributed by atoms with van der Waals surface area (Å²) in [5.41, 5.74) is -0.790. The molecule has 1 unspecified atom stereocenters. The molecule has 0 fully saturated rings. The van der Waals surface area contributed by atoms with Gasteiger partial charge in [-0.15, -0.1) is 0 Å². The first-order valence-corrected chi connectivity index (χ1v) is 10.9. The predicted octanol–water partition coefficient (Wildman–Crippen LogP) is 5.89. The number of aromatic hydroxyl groups is 2. The van der Waals surface area contributed by atoms with Crippen molar-refractivity contribution in [3.63, 3.8) is 0 Å². The Kier molecular flexibility index (Phi) is 5.98. The van der Waals surface area contributed by atoms with Gasteiger partial charge in [-0.05, 0) is 35.9 Å². The second kappa shape index (κ2) is 7.87. The van der Waals surface area contributed by atoms with Crippen molar-refractivity contribution in [1.82, 2.24) is 0 Å². The van der Waals surface area contributed by atoms with E-state index in [1.165, 1.54) is 42.5 Å². The van der Waals surface area contributed by atoms with Crippen LogP contribution < -0.4 is 0 Å². The third kappa shape index (κ3) is 3.54.